The van der Waals surface area contributed by atoms with E-state index in [0.717, 1.165) is 25.7 Å². The average molecular weight is 483 g/mol. The van der Waals surface area contributed by atoms with Crippen LogP contribution in [0.25, 0.3) is 0 Å². The number of carbonyl (C=O) groups is 4. The normalized spacial score (nSPS) is 19.0. The van der Waals surface area contributed by atoms with Crippen LogP contribution >= 0.6 is 11.6 Å². The van der Waals surface area contributed by atoms with Crippen molar-refractivity contribution in [3.05, 3.63) is 64.7 Å². The molecule has 1 unspecified atom stereocenters. The summed E-state index contributed by atoms with van der Waals surface area (Å²) in [4.78, 5) is 53.6. The van der Waals surface area contributed by atoms with E-state index in [9.17, 15) is 19.2 Å². The molecule has 2 fully saturated rings. The van der Waals surface area contributed by atoms with Gasteiger partial charge in [-0.05, 0) is 56.3 Å². The van der Waals surface area contributed by atoms with Crippen LogP contribution in [-0.2, 0) is 14.3 Å². The fraction of sp³-hybridized carbons (Fsp3) is 0.385. The smallest absolute Gasteiger partial charge is 0.338 e. The van der Waals surface area contributed by atoms with E-state index in [1.54, 1.807) is 36.4 Å². The van der Waals surface area contributed by atoms with Gasteiger partial charge >= 0.3 is 5.97 Å². The first-order valence-corrected chi connectivity index (χ1v) is 11.9. The monoisotopic (exact) mass is 482 g/mol. The van der Waals surface area contributed by atoms with Gasteiger partial charge in [-0.1, -0.05) is 43.0 Å². The highest BCUT2D eigenvalue weighted by atomic mass is 35.5. The zero-order valence-corrected chi connectivity index (χ0v) is 19.8. The molecule has 4 rings (SSSR count). The Bertz CT molecular complexity index is 1090. The van der Waals surface area contributed by atoms with Gasteiger partial charge in [0, 0.05) is 11.6 Å². The van der Waals surface area contributed by atoms with E-state index in [4.69, 9.17) is 16.3 Å². The summed E-state index contributed by atoms with van der Waals surface area (Å²) in [6.07, 6.45) is 5.76. The summed E-state index contributed by atoms with van der Waals surface area (Å²) >= 11 is 6.00. The number of halogens is 1. The van der Waals surface area contributed by atoms with Gasteiger partial charge in [0.2, 0.25) is 11.7 Å². The van der Waals surface area contributed by atoms with Crippen molar-refractivity contribution in [2.24, 2.45) is 0 Å². The van der Waals surface area contributed by atoms with Crippen LogP contribution in [0.3, 0.4) is 0 Å². The number of Topliss-reactive ketones (excluding diaryl/α,β-unsaturated/α-hetero) is 1. The predicted molar refractivity (Wildman–Crippen MR) is 128 cm³/mol. The van der Waals surface area contributed by atoms with Crippen molar-refractivity contribution in [3.63, 3.8) is 0 Å². The average Bonchev–Trinajstić information content (AvgIpc) is 3.16. The number of nitrogens with zero attached hydrogens (tertiary/aromatic N) is 2. The fourth-order valence-corrected chi connectivity index (χ4v) is 4.92. The number of hydrogen-bond donors (Lipinski definition) is 0. The van der Waals surface area contributed by atoms with Crippen molar-refractivity contribution >= 4 is 40.9 Å². The Balaban J connectivity index is 1.38. The Morgan fingerprint density at radius 3 is 2.38 bits per heavy atom. The number of rotatable bonds is 7. The highest BCUT2D eigenvalue weighted by Gasteiger charge is 2.43. The Kier molecular flexibility index (Phi) is 7.44. The highest BCUT2D eigenvalue weighted by molar-refractivity contribution is 6.34. The Labute approximate surface area is 203 Å². The third kappa shape index (κ3) is 5.05. The minimum Gasteiger partial charge on any atom is -0.454 e. The second-order valence-corrected chi connectivity index (χ2v) is 9.18. The molecule has 2 aliphatic rings. The van der Waals surface area contributed by atoms with Crippen molar-refractivity contribution in [1.29, 1.82) is 0 Å². The topological polar surface area (TPSA) is 84.0 Å². The number of ether oxygens (including phenoxy) is 1. The molecular formula is C26H27ClN2O5. The lowest BCUT2D eigenvalue weighted by molar-refractivity contribution is -0.123. The third-order valence-electron chi connectivity index (χ3n) is 6.63. The minimum atomic E-state index is -0.680. The van der Waals surface area contributed by atoms with Crippen molar-refractivity contribution in [2.75, 3.05) is 18.6 Å². The number of anilines is 1. The van der Waals surface area contributed by atoms with E-state index in [1.807, 2.05) is 7.05 Å². The molecule has 8 heteroatoms. The van der Waals surface area contributed by atoms with Crippen LogP contribution in [0.4, 0.5) is 5.69 Å². The lowest BCUT2D eigenvalue weighted by atomic mass is 9.93. The second-order valence-electron chi connectivity index (χ2n) is 8.77. The lowest BCUT2D eigenvalue weighted by Crippen LogP contribution is -2.45. The van der Waals surface area contributed by atoms with Crippen molar-refractivity contribution < 1.29 is 23.9 Å². The molecule has 7 nitrogen and oxygen atoms in total. The van der Waals surface area contributed by atoms with Crippen molar-refractivity contribution in [1.82, 2.24) is 4.90 Å². The van der Waals surface area contributed by atoms with Gasteiger partial charge in [-0.3, -0.25) is 19.3 Å². The molecule has 0 radical (unpaired) electrons. The molecule has 2 aromatic rings. The summed E-state index contributed by atoms with van der Waals surface area (Å²) < 4.78 is 5.12. The van der Waals surface area contributed by atoms with Crippen LogP contribution in [0.2, 0.25) is 5.02 Å². The summed E-state index contributed by atoms with van der Waals surface area (Å²) in [5.74, 6) is -1.57. The number of likely N-dealkylation sites (N-methyl/N-ethyl adjacent to an activating group) is 1. The number of ketones is 1. The molecule has 2 aromatic carbocycles. The maximum absolute atomic E-state index is 13.1. The van der Waals surface area contributed by atoms with Crippen LogP contribution in [0.15, 0.2) is 48.5 Å². The molecule has 1 saturated heterocycles. The largest absolute Gasteiger partial charge is 0.454 e. The van der Waals surface area contributed by atoms with E-state index in [2.05, 4.69) is 4.90 Å². The van der Waals surface area contributed by atoms with E-state index in [-0.39, 0.29) is 29.4 Å². The molecule has 34 heavy (non-hydrogen) atoms. The first-order valence-electron chi connectivity index (χ1n) is 11.5. The molecule has 0 spiro atoms. The standard InChI is InChI=1S/C26H27ClN2O5/c1-28(18-7-3-2-4-8-18)22-15-24(31)29(25(22)32)19-13-11-17(12-14-19)26(33)34-16-23(30)20-9-5-6-10-21(20)27/h5-6,9-14,18,22H,2-4,7-8,15-16H2,1H3. The Morgan fingerprint density at radius 1 is 1.03 bits per heavy atom. The summed E-state index contributed by atoms with van der Waals surface area (Å²) in [7, 11) is 1.93. The maximum atomic E-state index is 13.1. The molecule has 1 atom stereocenters. The molecule has 2 amide bonds. The number of amides is 2. The van der Waals surface area contributed by atoms with Gasteiger partial charge in [-0.25, -0.2) is 9.69 Å². The maximum Gasteiger partial charge on any atom is 0.338 e. The minimum absolute atomic E-state index is 0.153. The predicted octanol–water partition coefficient (Wildman–Crippen LogP) is 4.28. The van der Waals surface area contributed by atoms with Crippen LogP contribution in [0.1, 0.15) is 59.2 Å². The molecule has 1 saturated carbocycles. The molecule has 1 heterocycles. The van der Waals surface area contributed by atoms with Crippen LogP contribution in [-0.4, -0.2) is 54.2 Å². The summed E-state index contributed by atoms with van der Waals surface area (Å²) in [5.41, 5.74) is 0.912. The van der Waals surface area contributed by atoms with Gasteiger partial charge in [0.25, 0.3) is 5.91 Å². The first kappa shape index (κ1) is 24.1. The quantitative estimate of drug-likeness (QED) is 0.333. The number of imide groups is 1. The molecule has 178 valence electrons. The Morgan fingerprint density at radius 2 is 1.71 bits per heavy atom. The molecular weight excluding hydrogens is 456 g/mol. The molecule has 0 aromatic heterocycles. The van der Waals surface area contributed by atoms with Gasteiger partial charge in [-0.2, -0.15) is 0 Å². The van der Waals surface area contributed by atoms with Crippen molar-refractivity contribution in [2.45, 2.75) is 50.6 Å². The fourth-order valence-electron chi connectivity index (χ4n) is 4.67. The SMILES string of the molecule is CN(C1CCCCC1)C1CC(=O)N(c2ccc(C(=O)OCC(=O)c3ccccc3Cl)cc2)C1=O. The lowest BCUT2D eigenvalue weighted by Gasteiger charge is -2.34. The van der Waals surface area contributed by atoms with Crippen LogP contribution in [0.5, 0.6) is 0 Å². The number of benzene rings is 2. The molecule has 1 aliphatic carbocycles. The number of esters is 1. The van der Waals surface area contributed by atoms with E-state index >= 15 is 0 Å². The number of hydrogen-bond acceptors (Lipinski definition) is 6. The molecule has 1 aliphatic heterocycles. The highest BCUT2D eigenvalue weighted by Crippen LogP contribution is 2.30. The zero-order chi connectivity index (χ0) is 24.2. The van der Waals surface area contributed by atoms with Crippen LogP contribution < -0.4 is 4.90 Å². The van der Waals surface area contributed by atoms with Gasteiger partial charge in [0.1, 0.15) is 0 Å². The van der Waals surface area contributed by atoms with Crippen LogP contribution in [0, 0.1) is 0 Å². The van der Waals surface area contributed by atoms with E-state index < -0.39 is 24.4 Å². The summed E-state index contributed by atoms with van der Waals surface area (Å²) in [5, 5.41) is 0.292. The van der Waals surface area contributed by atoms with Gasteiger partial charge < -0.3 is 4.74 Å². The third-order valence-corrected chi connectivity index (χ3v) is 6.96. The Hall–Kier alpha value is -3.03. The summed E-state index contributed by atoms with van der Waals surface area (Å²) in [6.45, 7) is -0.442. The summed E-state index contributed by atoms with van der Waals surface area (Å²) in [6, 6.07) is 12.5. The molecule has 0 N–H and O–H groups in total. The van der Waals surface area contributed by atoms with Gasteiger partial charge in [-0.15, -0.1) is 0 Å². The zero-order valence-electron chi connectivity index (χ0n) is 19.0. The number of carbonyl (C=O) groups excluding carboxylic acids is 4. The molecule has 0 bridgehead atoms. The van der Waals surface area contributed by atoms with E-state index in [1.165, 1.54) is 23.5 Å². The second kappa shape index (κ2) is 10.5. The van der Waals surface area contributed by atoms with Gasteiger partial charge in [0.05, 0.1) is 28.7 Å². The first-order chi connectivity index (χ1) is 16.4. The van der Waals surface area contributed by atoms with Gasteiger partial charge in [0.15, 0.2) is 6.61 Å². The van der Waals surface area contributed by atoms with E-state index in [0.29, 0.717) is 16.8 Å². The van der Waals surface area contributed by atoms with Crippen molar-refractivity contribution in [3.8, 4) is 0 Å².